The fourth-order valence-electron chi connectivity index (χ4n) is 2.83. The summed E-state index contributed by atoms with van der Waals surface area (Å²) in [6, 6.07) is 14.7. The van der Waals surface area contributed by atoms with Gasteiger partial charge in [-0.3, -0.25) is 4.79 Å². The molecule has 0 radical (unpaired) electrons. The Hall–Kier alpha value is -2.75. The van der Waals surface area contributed by atoms with Gasteiger partial charge in [0, 0.05) is 18.2 Å². The van der Waals surface area contributed by atoms with Crippen molar-refractivity contribution in [3.63, 3.8) is 0 Å². The first-order valence-electron chi connectivity index (χ1n) is 7.52. The highest BCUT2D eigenvalue weighted by molar-refractivity contribution is 5.97. The van der Waals surface area contributed by atoms with Gasteiger partial charge in [0.2, 0.25) is 0 Å². The lowest BCUT2D eigenvalue weighted by atomic mass is 9.93. The predicted molar refractivity (Wildman–Crippen MR) is 89.7 cm³/mol. The molecule has 118 valence electrons. The molecular formula is C19H19NO3. The summed E-state index contributed by atoms with van der Waals surface area (Å²) < 4.78 is 5.19. The molecule has 0 aliphatic carbocycles. The molecule has 0 spiro atoms. The Morgan fingerprint density at radius 3 is 2.48 bits per heavy atom. The highest BCUT2D eigenvalue weighted by atomic mass is 16.5. The minimum absolute atomic E-state index is 0.123. The van der Waals surface area contributed by atoms with Crippen molar-refractivity contribution >= 4 is 11.5 Å². The molecule has 0 saturated carbocycles. The number of Topliss-reactive ketones (excluding diaryl/α,β-unsaturated/α-hetero) is 1. The van der Waals surface area contributed by atoms with Crippen molar-refractivity contribution in [2.75, 3.05) is 12.0 Å². The highest BCUT2D eigenvalue weighted by Crippen LogP contribution is 2.39. The molecule has 1 heterocycles. The summed E-state index contributed by atoms with van der Waals surface area (Å²) >= 11 is 0. The number of hydrogen-bond donors (Lipinski definition) is 1. The molecule has 1 aliphatic heterocycles. The average Bonchev–Trinajstić information content (AvgIpc) is 2.58. The third-order valence-electron chi connectivity index (χ3n) is 4.15. The van der Waals surface area contributed by atoms with E-state index in [0.717, 1.165) is 11.3 Å². The molecule has 2 aromatic carbocycles. The van der Waals surface area contributed by atoms with Gasteiger partial charge in [0.25, 0.3) is 0 Å². The fourth-order valence-corrected chi connectivity index (χ4v) is 2.83. The maximum Gasteiger partial charge on any atom is 0.162 e. The molecule has 0 bridgehead atoms. The van der Waals surface area contributed by atoms with Crippen LogP contribution in [0.5, 0.6) is 11.5 Å². The van der Waals surface area contributed by atoms with E-state index in [9.17, 15) is 9.90 Å². The van der Waals surface area contributed by atoms with E-state index in [0.29, 0.717) is 17.7 Å². The zero-order valence-electron chi connectivity index (χ0n) is 13.2. The number of ether oxygens (including phenoxy) is 1. The van der Waals surface area contributed by atoms with Crippen LogP contribution >= 0.6 is 0 Å². The zero-order valence-corrected chi connectivity index (χ0v) is 13.2. The Morgan fingerprint density at radius 2 is 1.83 bits per heavy atom. The summed E-state index contributed by atoms with van der Waals surface area (Å²) in [5.41, 5.74) is 2.39. The van der Waals surface area contributed by atoms with Gasteiger partial charge in [0.05, 0.1) is 18.8 Å². The van der Waals surface area contributed by atoms with Gasteiger partial charge in [0.1, 0.15) is 11.5 Å². The number of nitrogens with zero attached hydrogens (tertiary/aromatic N) is 1. The maximum atomic E-state index is 12.2. The van der Waals surface area contributed by atoms with Crippen molar-refractivity contribution in [1.82, 2.24) is 0 Å². The number of phenolic OH excluding ortho intramolecular Hbond substituents is 1. The van der Waals surface area contributed by atoms with E-state index in [1.54, 1.807) is 26.2 Å². The number of ketones is 1. The lowest BCUT2D eigenvalue weighted by Gasteiger charge is -2.35. The maximum absolute atomic E-state index is 12.2. The van der Waals surface area contributed by atoms with Gasteiger partial charge in [-0.05, 0) is 36.8 Å². The van der Waals surface area contributed by atoms with Gasteiger partial charge in [-0.1, -0.05) is 24.3 Å². The third-order valence-corrected chi connectivity index (χ3v) is 4.15. The van der Waals surface area contributed by atoms with Crippen LogP contribution < -0.4 is 9.64 Å². The molecule has 1 aliphatic rings. The van der Waals surface area contributed by atoms with Crippen LogP contribution in [0.15, 0.2) is 60.3 Å². The molecule has 0 aromatic heterocycles. The minimum atomic E-state index is -0.148. The van der Waals surface area contributed by atoms with Crippen LogP contribution in [0.4, 0.5) is 5.69 Å². The largest absolute Gasteiger partial charge is 0.506 e. The lowest BCUT2D eigenvalue weighted by Crippen LogP contribution is -2.31. The van der Waals surface area contributed by atoms with Crippen molar-refractivity contribution < 1.29 is 14.6 Å². The number of aromatic hydroxyl groups is 1. The lowest BCUT2D eigenvalue weighted by molar-refractivity contribution is -0.116. The Kier molecular flexibility index (Phi) is 4.06. The molecule has 2 aromatic rings. The third kappa shape index (κ3) is 2.93. The molecule has 1 N–H and O–H groups in total. The summed E-state index contributed by atoms with van der Waals surface area (Å²) in [7, 11) is 1.62. The van der Waals surface area contributed by atoms with Crippen LogP contribution in [0.25, 0.3) is 0 Å². The monoisotopic (exact) mass is 309 g/mol. The topological polar surface area (TPSA) is 49.8 Å². The second-order valence-electron chi connectivity index (χ2n) is 5.62. The van der Waals surface area contributed by atoms with Gasteiger partial charge in [-0.15, -0.1) is 0 Å². The first-order chi connectivity index (χ1) is 11.1. The molecule has 4 heteroatoms. The van der Waals surface area contributed by atoms with Gasteiger partial charge in [-0.2, -0.15) is 0 Å². The molecule has 4 nitrogen and oxygen atoms in total. The minimum Gasteiger partial charge on any atom is -0.506 e. The molecule has 0 fully saturated rings. The van der Waals surface area contributed by atoms with Crippen LogP contribution in [0.1, 0.15) is 24.9 Å². The predicted octanol–water partition coefficient (Wildman–Crippen LogP) is 3.83. The smallest absolute Gasteiger partial charge is 0.162 e. The number of carbonyl (C=O) groups excluding carboxylic acids is 1. The van der Waals surface area contributed by atoms with E-state index < -0.39 is 0 Å². The number of anilines is 1. The number of methoxy groups -OCH3 is 1. The van der Waals surface area contributed by atoms with E-state index in [4.69, 9.17) is 4.74 Å². The Morgan fingerprint density at radius 1 is 1.13 bits per heavy atom. The van der Waals surface area contributed by atoms with Crippen LogP contribution in [-0.2, 0) is 4.79 Å². The van der Waals surface area contributed by atoms with Crippen molar-refractivity contribution in [2.24, 2.45) is 0 Å². The number of allylic oxidation sites excluding steroid dienone is 1. The number of hydrogen-bond acceptors (Lipinski definition) is 4. The standard InChI is InChI=1S/C19H19NO3/c1-13-12-20(16-5-3-4-6-18(16)21)17(11-19(13)22)14-7-9-15(23-2)10-8-14/h3-10,12,17,21H,11H2,1-2H3/t17-/m0/s1. The van der Waals surface area contributed by atoms with E-state index >= 15 is 0 Å². The van der Waals surface area contributed by atoms with Crippen molar-refractivity contribution in [2.45, 2.75) is 19.4 Å². The molecule has 0 amide bonds. The summed E-state index contributed by atoms with van der Waals surface area (Å²) in [6.07, 6.45) is 2.19. The summed E-state index contributed by atoms with van der Waals surface area (Å²) in [5, 5.41) is 10.2. The summed E-state index contributed by atoms with van der Waals surface area (Å²) in [5.74, 6) is 1.10. The summed E-state index contributed by atoms with van der Waals surface area (Å²) in [4.78, 5) is 14.1. The number of rotatable bonds is 3. The van der Waals surface area contributed by atoms with Gasteiger partial charge in [-0.25, -0.2) is 0 Å². The molecule has 1 atom stereocenters. The number of carbonyl (C=O) groups is 1. The van der Waals surface area contributed by atoms with Gasteiger partial charge >= 0.3 is 0 Å². The van der Waals surface area contributed by atoms with Crippen LogP contribution in [-0.4, -0.2) is 18.0 Å². The van der Waals surface area contributed by atoms with Crippen molar-refractivity contribution in [1.29, 1.82) is 0 Å². The van der Waals surface area contributed by atoms with E-state index in [1.165, 1.54) is 0 Å². The van der Waals surface area contributed by atoms with Crippen molar-refractivity contribution in [3.8, 4) is 11.5 Å². The SMILES string of the molecule is COc1ccc([C@@H]2CC(=O)C(C)=CN2c2ccccc2O)cc1. The Bertz CT molecular complexity index is 749. The van der Waals surface area contributed by atoms with E-state index in [-0.39, 0.29) is 17.6 Å². The molecule has 0 saturated heterocycles. The Labute approximate surface area is 135 Å². The quantitative estimate of drug-likeness (QED) is 0.936. The zero-order chi connectivity index (χ0) is 16.4. The Balaban J connectivity index is 2.05. The van der Waals surface area contributed by atoms with Crippen LogP contribution in [0.2, 0.25) is 0 Å². The molecule has 0 unspecified atom stereocenters. The van der Waals surface area contributed by atoms with Crippen LogP contribution in [0, 0.1) is 0 Å². The first kappa shape index (κ1) is 15.2. The number of phenols is 1. The van der Waals surface area contributed by atoms with Gasteiger partial charge in [0.15, 0.2) is 5.78 Å². The normalized spacial score (nSPS) is 17.8. The molecule has 3 rings (SSSR count). The first-order valence-corrected chi connectivity index (χ1v) is 7.52. The number of para-hydroxylation sites is 2. The van der Waals surface area contributed by atoms with E-state index in [2.05, 4.69) is 0 Å². The molecular weight excluding hydrogens is 290 g/mol. The second kappa shape index (κ2) is 6.16. The summed E-state index contributed by atoms with van der Waals surface area (Å²) in [6.45, 7) is 1.81. The van der Waals surface area contributed by atoms with E-state index in [1.807, 2.05) is 47.5 Å². The highest BCUT2D eigenvalue weighted by Gasteiger charge is 2.29. The average molecular weight is 309 g/mol. The second-order valence-corrected chi connectivity index (χ2v) is 5.62. The number of benzene rings is 2. The molecule has 23 heavy (non-hydrogen) atoms. The fraction of sp³-hybridized carbons (Fsp3) is 0.211. The van der Waals surface area contributed by atoms with Crippen LogP contribution in [0.3, 0.4) is 0 Å². The van der Waals surface area contributed by atoms with Gasteiger partial charge < -0.3 is 14.7 Å². The van der Waals surface area contributed by atoms with Crippen molar-refractivity contribution in [3.05, 3.63) is 65.9 Å².